The average molecular weight is 264 g/mol. The molecule has 3 N–H and O–H groups in total. The molecule has 0 spiro atoms. The van der Waals surface area contributed by atoms with Crippen LogP contribution in [0.25, 0.3) is 0 Å². The number of carbonyl (C=O) groups excluding carboxylic acids is 1. The minimum atomic E-state index is -0.253. The number of nitrogen functional groups attached to an aromatic ring is 1. The first kappa shape index (κ1) is 12.3. The van der Waals surface area contributed by atoms with Crippen LogP contribution in [0, 0.1) is 0 Å². The van der Waals surface area contributed by atoms with Gasteiger partial charge in [-0.05, 0) is 6.07 Å². The summed E-state index contributed by atoms with van der Waals surface area (Å²) in [5.74, 6) is -0.240. The molecule has 18 heavy (non-hydrogen) atoms. The Morgan fingerprint density at radius 2 is 2.33 bits per heavy atom. The van der Waals surface area contributed by atoms with Gasteiger partial charge in [-0.3, -0.25) is 14.6 Å². The van der Waals surface area contributed by atoms with Gasteiger partial charge < -0.3 is 15.6 Å². The highest BCUT2D eigenvalue weighted by Gasteiger charge is 2.05. The summed E-state index contributed by atoms with van der Waals surface area (Å²) in [6.45, 7) is 0.378. The third-order valence-electron chi connectivity index (χ3n) is 2.26. The van der Waals surface area contributed by atoms with Gasteiger partial charge in [-0.1, -0.05) is 0 Å². The van der Waals surface area contributed by atoms with E-state index < -0.39 is 0 Å². The lowest BCUT2D eigenvalue weighted by Gasteiger charge is -2.06. The van der Waals surface area contributed by atoms with Gasteiger partial charge in [-0.25, -0.2) is 0 Å². The van der Waals surface area contributed by atoms with Crippen molar-refractivity contribution in [2.45, 2.75) is 13.1 Å². The average Bonchev–Trinajstić information content (AvgIpc) is 2.84. The predicted molar refractivity (Wildman–Crippen MR) is 69.1 cm³/mol. The second-order valence-corrected chi connectivity index (χ2v) is 4.64. The summed E-state index contributed by atoms with van der Waals surface area (Å²) in [4.78, 5) is 28.0. The van der Waals surface area contributed by atoms with Crippen LogP contribution in [0.3, 0.4) is 0 Å². The van der Waals surface area contributed by atoms with Gasteiger partial charge >= 0.3 is 0 Å². The number of pyridine rings is 1. The zero-order valence-electron chi connectivity index (χ0n) is 9.50. The van der Waals surface area contributed by atoms with Crippen molar-refractivity contribution in [1.82, 2.24) is 14.9 Å². The van der Waals surface area contributed by atoms with E-state index in [4.69, 9.17) is 5.73 Å². The summed E-state index contributed by atoms with van der Waals surface area (Å²) in [5.41, 5.74) is 7.45. The lowest BCUT2D eigenvalue weighted by atomic mass is 10.4. The van der Waals surface area contributed by atoms with Crippen molar-refractivity contribution in [3.05, 3.63) is 45.3 Å². The third kappa shape index (κ3) is 3.17. The molecule has 0 aliphatic carbocycles. The Kier molecular flexibility index (Phi) is 3.73. The fourth-order valence-electron chi connectivity index (χ4n) is 1.40. The van der Waals surface area contributed by atoms with Crippen LogP contribution < -0.4 is 16.6 Å². The predicted octanol–water partition coefficient (Wildman–Crippen LogP) is 0.203. The van der Waals surface area contributed by atoms with E-state index in [1.807, 2.05) is 0 Å². The van der Waals surface area contributed by atoms with Crippen LogP contribution in [0.15, 0.2) is 34.8 Å². The molecule has 0 aliphatic heterocycles. The molecule has 0 aliphatic rings. The first-order chi connectivity index (χ1) is 8.65. The van der Waals surface area contributed by atoms with E-state index in [1.54, 1.807) is 11.7 Å². The number of anilines is 1. The number of rotatable bonds is 4. The molecule has 7 heteroatoms. The molecule has 0 bridgehead atoms. The van der Waals surface area contributed by atoms with Gasteiger partial charge in [0.25, 0.3) is 5.56 Å². The molecule has 2 aromatic rings. The van der Waals surface area contributed by atoms with E-state index in [-0.39, 0.29) is 18.0 Å². The Hall–Kier alpha value is -2.15. The van der Waals surface area contributed by atoms with Crippen LogP contribution in [0.1, 0.15) is 4.88 Å². The van der Waals surface area contributed by atoms with Crippen molar-refractivity contribution in [3.63, 3.8) is 0 Å². The Balaban J connectivity index is 1.95. The summed E-state index contributed by atoms with van der Waals surface area (Å²) in [5, 5.41) is 2.71. The number of amides is 1. The zero-order valence-corrected chi connectivity index (χ0v) is 10.3. The molecule has 0 unspecified atom stereocenters. The molecule has 0 saturated heterocycles. The van der Waals surface area contributed by atoms with E-state index >= 15 is 0 Å². The Morgan fingerprint density at radius 3 is 3.06 bits per heavy atom. The molecule has 2 rings (SSSR count). The van der Waals surface area contributed by atoms with Crippen molar-refractivity contribution < 1.29 is 4.79 Å². The van der Waals surface area contributed by atoms with Crippen LogP contribution >= 0.6 is 11.3 Å². The molecular formula is C11H12N4O2S. The standard InChI is InChI=1S/C11H12N4O2S/c12-8-1-2-11(17)15(5-8)6-10(16)14-4-9-3-13-7-18-9/h1-3,5,7H,4,6,12H2,(H,14,16). The van der Waals surface area contributed by atoms with Gasteiger partial charge in [0.05, 0.1) is 12.1 Å². The Labute approximate surface area is 107 Å². The van der Waals surface area contributed by atoms with E-state index in [1.165, 1.54) is 34.2 Å². The maximum Gasteiger partial charge on any atom is 0.251 e. The largest absolute Gasteiger partial charge is 0.398 e. The van der Waals surface area contributed by atoms with Crippen LogP contribution in [-0.2, 0) is 17.9 Å². The van der Waals surface area contributed by atoms with Gasteiger partial charge in [0.1, 0.15) is 6.54 Å². The molecular weight excluding hydrogens is 252 g/mol. The van der Waals surface area contributed by atoms with E-state index in [9.17, 15) is 9.59 Å². The SMILES string of the molecule is Nc1ccc(=O)n(CC(=O)NCc2cncs2)c1. The molecule has 0 fully saturated rings. The van der Waals surface area contributed by atoms with Crippen molar-refractivity contribution in [1.29, 1.82) is 0 Å². The minimum Gasteiger partial charge on any atom is -0.398 e. The smallest absolute Gasteiger partial charge is 0.251 e. The van der Waals surface area contributed by atoms with Gasteiger partial charge in [0.2, 0.25) is 5.91 Å². The number of nitrogens with two attached hydrogens (primary N) is 1. The number of aromatic nitrogens is 2. The number of thiazole rings is 1. The fraction of sp³-hybridized carbons (Fsp3) is 0.182. The lowest BCUT2D eigenvalue weighted by Crippen LogP contribution is -2.31. The molecule has 2 aromatic heterocycles. The van der Waals surface area contributed by atoms with Crippen molar-refractivity contribution in [3.8, 4) is 0 Å². The summed E-state index contributed by atoms with van der Waals surface area (Å²) in [6, 6.07) is 2.85. The monoisotopic (exact) mass is 264 g/mol. The maximum atomic E-state index is 11.6. The summed E-state index contributed by atoms with van der Waals surface area (Å²) >= 11 is 1.46. The van der Waals surface area contributed by atoms with Crippen molar-refractivity contribution in [2.24, 2.45) is 0 Å². The zero-order chi connectivity index (χ0) is 13.0. The first-order valence-corrected chi connectivity index (χ1v) is 6.13. The molecule has 0 atom stereocenters. The Bertz CT molecular complexity index is 591. The topological polar surface area (TPSA) is 90.0 Å². The van der Waals surface area contributed by atoms with E-state index in [0.29, 0.717) is 12.2 Å². The van der Waals surface area contributed by atoms with Gasteiger partial charge in [0, 0.05) is 29.0 Å². The second-order valence-electron chi connectivity index (χ2n) is 3.67. The second kappa shape index (κ2) is 5.46. The minimum absolute atomic E-state index is 0.0390. The van der Waals surface area contributed by atoms with Gasteiger partial charge in [-0.2, -0.15) is 0 Å². The molecule has 94 valence electrons. The molecule has 6 nitrogen and oxygen atoms in total. The molecule has 0 saturated carbocycles. The maximum absolute atomic E-state index is 11.6. The number of nitrogens with zero attached hydrogens (tertiary/aromatic N) is 2. The highest BCUT2D eigenvalue weighted by Crippen LogP contribution is 2.04. The summed E-state index contributed by atoms with van der Waals surface area (Å²) in [7, 11) is 0. The highest BCUT2D eigenvalue weighted by atomic mass is 32.1. The molecule has 0 aromatic carbocycles. The van der Waals surface area contributed by atoms with Crippen molar-refractivity contribution >= 4 is 22.9 Å². The third-order valence-corrected chi connectivity index (χ3v) is 3.04. The van der Waals surface area contributed by atoms with E-state index in [2.05, 4.69) is 10.3 Å². The number of hydrogen-bond donors (Lipinski definition) is 2. The van der Waals surface area contributed by atoms with Crippen molar-refractivity contribution in [2.75, 3.05) is 5.73 Å². The Morgan fingerprint density at radius 1 is 1.50 bits per heavy atom. The van der Waals surface area contributed by atoms with Crippen LogP contribution in [-0.4, -0.2) is 15.5 Å². The van der Waals surface area contributed by atoms with Crippen LogP contribution in [0.4, 0.5) is 5.69 Å². The number of nitrogens with one attached hydrogen (secondary N) is 1. The summed E-state index contributed by atoms with van der Waals surface area (Å²) in [6.07, 6.45) is 3.15. The quantitative estimate of drug-likeness (QED) is 0.825. The number of carbonyl (C=O) groups is 1. The molecule has 2 heterocycles. The first-order valence-electron chi connectivity index (χ1n) is 5.25. The van der Waals surface area contributed by atoms with Crippen LogP contribution in [0.5, 0.6) is 0 Å². The number of hydrogen-bond acceptors (Lipinski definition) is 5. The molecule has 1 amide bonds. The van der Waals surface area contributed by atoms with Gasteiger partial charge in [0.15, 0.2) is 0 Å². The molecule has 0 radical (unpaired) electrons. The lowest BCUT2D eigenvalue weighted by molar-refractivity contribution is -0.121. The van der Waals surface area contributed by atoms with Crippen LogP contribution in [0.2, 0.25) is 0 Å². The summed E-state index contributed by atoms with van der Waals surface area (Å²) < 4.78 is 1.28. The van der Waals surface area contributed by atoms with Gasteiger partial charge in [-0.15, -0.1) is 11.3 Å². The normalized spacial score (nSPS) is 10.2. The fourth-order valence-corrected chi connectivity index (χ4v) is 1.93. The highest BCUT2D eigenvalue weighted by molar-refractivity contribution is 7.09. The van der Waals surface area contributed by atoms with E-state index in [0.717, 1.165) is 4.88 Å².